The van der Waals surface area contributed by atoms with Gasteiger partial charge in [0.1, 0.15) is 31.5 Å². The first-order chi connectivity index (χ1) is 38.3. The number of hydrogen-bond donors (Lipinski definition) is 0. The van der Waals surface area contributed by atoms with Crippen LogP contribution in [0.25, 0.3) is 0 Å². The molecule has 3 aliphatic heterocycles. The Morgan fingerprint density at radius 2 is 0.702 bits per heavy atom. The van der Waals surface area contributed by atoms with E-state index in [-0.39, 0.29) is 18.4 Å². The molecule has 21 heteroatoms. The maximum Gasteiger partial charge on any atom is 0.311 e. The second-order valence-corrected chi connectivity index (χ2v) is 29.3. The van der Waals surface area contributed by atoms with E-state index < -0.39 is 154 Å². The standard InChI is InChI=1S/C63H97NO20/c1-57(2,3)50(67)75-34-38-40(79-49-45(84-56(73)63(19,20)21)43(82-54(71)61(13,14)15)41(80-52(69)59(7,8)9)39(78-49)35-76-51(68)58(4,5)6)42(81-53(70)60(10,11)12)44(83-55(72)62(16,17)18)48(77-38)74-33-29-25-23-22-24-28-32-64-46(65)36-30-26-27-31-37(36)47(64)66/h26-27,30-31,38-45,48-49H,22-25,28-29,32-35H2,1-21H3/t38-,39-,40-,41+,42+,43+,44-,45-,48-,49+/m1/s1. The fourth-order valence-corrected chi connectivity index (χ4v) is 8.22. The number of carbonyl (C=O) groups is 9. The van der Waals surface area contributed by atoms with Gasteiger partial charge in [0.2, 0.25) is 0 Å². The Hall–Kier alpha value is -5.51. The van der Waals surface area contributed by atoms with Gasteiger partial charge in [-0.05, 0) is 170 Å². The van der Waals surface area contributed by atoms with Crippen molar-refractivity contribution in [1.29, 1.82) is 0 Å². The van der Waals surface area contributed by atoms with Crippen LogP contribution in [0.3, 0.4) is 0 Å². The van der Waals surface area contributed by atoms with Gasteiger partial charge in [0, 0.05) is 13.2 Å². The number of esters is 7. The SMILES string of the molecule is CC(C)(C)C(=O)OC[C@H]1O[C@@H](O[C@H]2[C@H](OC(=O)C(C)(C)C)[C@@H](OC(=O)C(C)(C)C)[C@H](OCCCCCCCCN3C(=O)c4ccccc4C3=O)O[C@@H]2COC(=O)C(C)(C)C)[C@H](OC(=O)C(C)(C)C)[C@@H](OC(=O)C(C)(C)C)[C@H]1OC(=O)C(C)(C)C. The van der Waals surface area contributed by atoms with E-state index in [2.05, 4.69) is 0 Å². The average Bonchev–Trinajstić information content (AvgIpc) is 1.42. The average molecular weight is 1190 g/mol. The predicted octanol–water partition coefficient (Wildman–Crippen LogP) is 9.44. The van der Waals surface area contributed by atoms with Crippen molar-refractivity contribution >= 4 is 53.6 Å². The lowest BCUT2D eigenvalue weighted by Crippen LogP contribution is -2.68. The van der Waals surface area contributed by atoms with Crippen molar-refractivity contribution < 1.29 is 95.3 Å². The molecule has 21 nitrogen and oxygen atoms in total. The van der Waals surface area contributed by atoms with Crippen LogP contribution in [-0.4, -0.2) is 146 Å². The Kier molecular flexibility index (Phi) is 23.6. The Morgan fingerprint density at radius 3 is 1.10 bits per heavy atom. The van der Waals surface area contributed by atoms with Crippen molar-refractivity contribution in [2.24, 2.45) is 37.9 Å². The summed E-state index contributed by atoms with van der Waals surface area (Å²) in [6, 6.07) is 6.76. The normalized spacial score (nSPS) is 24.4. The lowest BCUT2D eigenvalue weighted by Gasteiger charge is -2.49. The van der Waals surface area contributed by atoms with Crippen molar-refractivity contribution in [3.05, 3.63) is 35.4 Å². The molecule has 2 fully saturated rings. The second-order valence-electron chi connectivity index (χ2n) is 29.3. The third-order valence-corrected chi connectivity index (χ3v) is 13.7. The maximum atomic E-state index is 14.4. The van der Waals surface area contributed by atoms with Gasteiger partial charge < -0.3 is 52.1 Å². The molecule has 3 heterocycles. The highest BCUT2D eigenvalue weighted by molar-refractivity contribution is 6.21. The molecule has 0 bridgehead atoms. The Morgan fingerprint density at radius 1 is 0.393 bits per heavy atom. The zero-order valence-electron chi connectivity index (χ0n) is 53.8. The molecule has 2 saturated heterocycles. The molecule has 474 valence electrons. The number of fused-ring (bicyclic) bond motifs is 1. The second kappa shape index (κ2) is 27.9. The highest BCUT2D eigenvalue weighted by Gasteiger charge is 2.60. The molecule has 2 amide bonds. The maximum absolute atomic E-state index is 14.4. The van der Waals surface area contributed by atoms with Crippen molar-refractivity contribution in [3.63, 3.8) is 0 Å². The molecule has 0 N–H and O–H groups in total. The summed E-state index contributed by atoms with van der Waals surface area (Å²) in [6.07, 6.45) is -12.7. The number of unbranched alkanes of at least 4 members (excludes halogenated alkanes) is 5. The topological polar surface area (TPSA) is 258 Å². The minimum atomic E-state index is -1.92. The van der Waals surface area contributed by atoms with E-state index in [1.807, 2.05) is 0 Å². The highest BCUT2D eigenvalue weighted by atomic mass is 16.8. The number of imide groups is 1. The quantitative estimate of drug-likeness (QED) is 0.0480. The van der Waals surface area contributed by atoms with Gasteiger partial charge in [0.25, 0.3) is 11.8 Å². The summed E-state index contributed by atoms with van der Waals surface area (Å²) in [5.74, 6) is -5.98. The largest absolute Gasteiger partial charge is 0.462 e. The minimum Gasteiger partial charge on any atom is -0.462 e. The van der Waals surface area contributed by atoms with Gasteiger partial charge in [-0.3, -0.25) is 48.1 Å². The summed E-state index contributed by atoms with van der Waals surface area (Å²) in [7, 11) is 0. The molecule has 0 spiro atoms. The van der Waals surface area contributed by atoms with Crippen molar-refractivity contribution in [2.45, 2.75) is 245 Å². The number of amides is 2. The number of ether oxygens (including phenoxy) is 11. The molecule has 0 aromatic heterocycles. The van der Waals surface area contributed by atoms with Crippen LogP contribution in [0.1, 0.15) is 205 Å². The molecule has 0 unspecified atom stereocenters. The third kappa shape index (κ3) is 19.5. The first kappa shape index (κ1) is 71.0. The van der Waals surface area contributed by atoms with Crippen molar-refractivity contribution in [1.82, 2.24) is 4.90 Å². The van der Waals surface area contributed by atoms with Crippen LogP contribution >= 0.6 is 0 Å². The molecule has 0 saturated carbocycles. The van der Waals surface area contributed by atoms with E-state index in [9.17, 15) is 43.2 Å². The lowest BCUT2D eigenvalue weighted by molar-refractivity contribution is -0.363. The van der Waals surface area contributed by atoms with Crippen molar-refractivity contribution in [3.8, 4) is 0 Å². The molecule has 1 aromatic rings. The first-order valence-electron chi connectivity index (χ1n) is 29.3. The lowest BCUT2D eigenvalue weighted by atomic mass is 9.92. The van der Waals surface area contributed by atoms with Crippen LogP contribution in [-0.2, 0) is 85.7 Å². The van der Waals surface area contributed by atoms with Crippen LogP contribution < -0.4 is 0 Å². The Balaban J connectivity index is 1.84. The molecular weight excluding hydrogens is 1090 g/mol. The third-order valence-electron chi connectivity index (χ3n) is 13.7. The van der Waals surface area contributed by atoms with Gasteiger partial charge in [0.15, 0.2) is 43.1 Å². The molecule has 4 rings (SSSR count). The van der Waals surface area contributed by atoms with Crippen LogP contribution in [0, 0.1) is 37.9 Å². The van der Waals surface area contributed by atoms with Gasteiger partial charge in [-0.1, -0.05) is 37.8 Å². The molecule has 1 aromatic carbocycles. The van der Waals surface area contributed by atoms with Crippen LogP contribution in [0.2, 0.25) is 0 Å². The van der Waals surface area contributed by atoms with E-state index in [0.717, 1.165) is 19.3 Å². The van der Waals surface area contributed by atoms with Crippen molar-refractivity contribution in [2.75, 3.05) is 26.4 Å². The summed E-state index contributed by atoms with van der Waals surface area (Å²) in [4.78, 5) is 125. The van der Waals surface area contributed by atoms with E-state index in [0.29, 0.717) is 36.9 Å². The fraction of sp³-hybridized carbons (Fsp3) is 0.762. The van der Waals surface area contributed by atoms with Gasteiger partial charge in [-0.25, -0.2) is 0 Å². The number of rotatable bonds is 21. The molecular formula is C63H97NO20. The minimum absolute atomic E-state index is 0.0320. The number of nitrogens with zero attached hydrogens (tertiary/aromatic N) is 1. The van der Waals surface area contributed by atoms with Crippen LogP contribution in [0.5, 0.6) is 0 Å². The van der Waals surface area contributed by atoms with Crippen LogP contribution in [0.15, 0.2) is 24.3 Å². The number of carbonyl (C=O) groups excluding carboxylic acids is 9. The fourth-order valence-electron chi connectivity index (χ4n) is 8.22. The molecule has 10 atom stereocenters. The van der Waals surface area contributed by atoms with Crippen LogP contribution in [0.4, 0.5) is 0 Å². The molecule has 0 aliphatic carbocycles. The first-order valence-corrected chi connectivity index (χ1v) is 29.3. The Bertz CT molecular complexity index is 2470. The van der Waals surface area contributed by atoms with E-state index in [1.54, 1.807) is 170 Å². The molecule has 0 radical (unpaired) electrons. The van der Waals surface area contributed by atoms with E-state index >= 15 is 0 Å². The summed E-state index contributed by atoms with van der Waals surface area (Å²) < 4.78 is 70.0. The van der Waals surface area contributed by atoms with Gasteiger partial charge in [-0.2, -0.15) is 0 Å². The Labute approximate surface area is 497 Å². The van der Waals surface area contributed by atoms with E-state index in [1.165, 1.54) is 4.90 Å². The number of benzene rings is 1. The summed E-state index contributed by atoms with van der Waals surface area (Å²) in [6.45, 7) is 32.8. The highest BCUT2D eigenvalue weighted by Crippen LogP contribution is 2.40. The molecule has 3 aliphatic rings. The van der Waals surface area contributed by atoms with Gasteiger partial charge >= 0.3 is 41.8 Å². The smallest absolute Gasteiger partial charge is 0.311 e. The monoisotopic (exact) mass is 1190 g/mol. The molecule has 84 heavy (non-hydrogen) atoms. The summed E-state index contributed by atoms with van der Waals surface area (Å²) in [5.41, 5.74) is -7.25. The zero-order valence-corrected chi connectivity index (χ0v) is 53.8. The zero-order chi connectivity index (χ0) is 63.9. The predicted molar refractivity (Wildman–Crippen MR) is 305 cm³/mol. The van der Waals surface area contributed by atoms with E-state index in [4.69, 9.17) is 52.1 Å². The van der Waals surface area contributed by atoms with Gasteiger partial charge in [-0.15, -0.1) is 0 Å². The van der Waals surface area contributed by atoms with Gasteiger partial charge in [0.05, 0.1) is 49.0 Å². The summed E-state index contributed by atoms with van der Waals surface area (Å²) >= 11 is 0. The number of hydrogen-bond acceptors (Lipinski definition) is 20. The summed E-state index contributed by atoms with van der Waals surface area (Å²) in [5, 5.41) is 0.